The van der Waals surface area contributed by atoms with Crippen molar-refractivity contribution in [1.29, 1.82) is 0 Å². The van der Waals surface area contributed by atoms with Crippen LogP contribution in [-0.2, 0) is 14.3 Å². The summed E-state index contributed by atoms with van der Waals surface area (Å²) in [5, 5.41) is 9.99. The number of nitrogens with zero attached hydrogens (tertiary/aromatic N) is 2. The summed E-state index contributed by atoms with van der Waals surface area (Å²) in [7, 11) is 0. The first kappa shape index (κ1) is 20.2. The molecule has 1 heterocycles. The molecular formula is C18H28N2O6. The summed E-state index contributed by atoms with van der Waals surface area (Å²) in [5.74, 6) is -0.537. The van der Waals surface area contributed by atoms with Crippen LogP contribution in [0, 0.1) is 5.92 Å². The van der Waals surface area contributed by atoms with E-state index in [1.54, 1.807) is 33.8 Å². The molecule has 146 valence electrons. The third-order valence-electron chi connectivity index (χ3n) is 4.33. The number of imide groups is 1. The number of hydrogen-bond acceptors (Lipinski definition) is 6. The first-order valence-corrected chi connectivity index (χ1v) is 8.89. The van der Waals surface area contributed by atoms with E-state index in [9.17, 15) is 19.5 Å². The number of carbonyl (C=O) groups excluding carboxylic acids is 3. The molecule has 8 heteroatoms. The zero-order valence-corrected chi connectivity index (χ0v) is 15.8. The quantitative estimate of drug-likeness (QED) is 0.762. The summed E-state index contributed by atoms with van der Waals surface area (Å²) in [5.41, 5.74) is -0.733. The number of rotatable bonds is 4. The van der Waals surface area contributed by atoms with Crippen LogP contribution in [0.5, 0.6) is 0 Å². The van der Waals surface area contributed by atoms with Gasteiger partial charge in [-0.1, -0.05) is 6.08 Å². The first-order valence-electron chi connectivity index (χ1n) is 8.89. The summed E-state index contributed by atoms with van der Waals surface area (Å²) >= 11 is 0. The van der Waals surface area contributed by atoms with Crippen LogP contribution in [0.4, 0.5) is 9.59 Å². The molecule has 8 nitrogen and oxygen atoms in total. The number of ether oxygens (including phenoxy) is 2. The average molecular weight is 368 g/mol. The van der Waals surface area contributed by atoms with Crippen LogP contribution in [0.25, 0.3) is 0 Å². The topological polar surface area (TPSA) is 96.4 Å². The average Bonchev–Trinajstić information content (AvgIpc) is 3.17. The smallest absolute Gasteiger partial charge is 0.416 e. The second kappa shape index (κ2) is 7.65. The predicted molar refractivity (Wildman–Crippen MR) is 93.3 cm³/mol. The molecule has 3 unspecified atom stereocenters. The molecule has 4 atom stereocenters. The minimum atomic E-state index is -0.963. The SMILES string of the molecule is C=CC1CC1N(C(=O)OCC)C(=O)[C@@H]1CC(O)CN1C(=O)OC(C)(C)C. The van der Waals surface area contributed by atoms with Gasteiger partial charge >= 0.3 is 12.2 Å². The van der Waals surface area contributed by atoms with Gasteiger partial charge in [-0.05, 0) is 40.0 Å². The van der Waals surface area contributed by atoms with E-state index in [2.05, 4.69) is 6.58 Å². The van der Waals surface area contributed by atoms with Crippen LogP contribution in [0.2, 0.25) is 0 Å². The van der Waals surface area contributed by atoms with Gasteiger partial charge < -0.3 is 14.6 Å². The Morgan fingerprint density at radius 2 is 1.96 bits per heavy atom. The number of carbonyl (C=O) groups is 3. The van der Waals surface area contributed by atoms with Gasteiger partial charge in [-0.25, -0.2) is 14.5 Å². The Balaban J connectivity index is 2.20. The monoisotopic (exact) mass is 368 g/mol. The van der Waals surface area contributed by atoms with Crippen molar-refractivity contribution < 1.29 is 29.0 Å². The molecule has 2 aliphatic rings. The van der Waals surface area contributed by atoms with Gasteiger partial charge in [0.15, 0.2) is 0 Å². The lowest BCUT2D eigenvalue weighted by Gasteiger charge is -2.30. The second-order valence-electron chi connectivity index (χ2n) is 7.65. The van der Waals surface area contributed by atoms with Gasteiger partial charge in [0.1, 0.15) is 11.6 Å². The van der Waals surface area contributed by atoms with Gasteiger partial charge in [0.2, 0.25) is 0 Å². The highest BCUT2D eigenvalue weighted by Crippen LogP contribution is 2.38. The third kappa shape index (κ3) is 4.55. The minimum absolute atomic E-state index is 0.0163. The molecule has 0 spiro atoms. The van der Waals surface area contributed by atoms with E-state index in [1.807, 2.05) is 0 Å². The molecule has 2 fully saturated rings. The van der Waals surface area contributed by atoms with Crippen molar-refractivity contribution in [2.24, 2.45) is 5.92 Å². The van der Waals surface area contributed by atoms with Gasteiger partial charge in [0.25, 0.3) is 5.91 Å². The maximum Gasteiger partial charge on any atom is 0.416 e. The van der Waals surface area contributed by atoms with E-state index in [0.717, 1.165) is 4.90 Å². The number of β-amino-alcohol motifs (C(OH)–C–C–N with tert-alkyl or cyclic N) is 1. The zero-order valence-electron chi connectivity index (χ0n) is 15.8. The summed E-state index contributed by atoms with van der Waals surface area (Å²) < 4.78 is 10.3. The molecule has 26 heavy (non-hydrogen) atoms. The van der Waals surface area contributed by atoms with Crippen LogP contribution in [0.1, 0.15) is 40.5 Å². The molecule has 3 amide bonds. The third-order valence-corrected chi connectivity index (χ3v) is 4.33. The van der Waals surface area contributed by atoms with Gasteiger partial charge in [-0.3, -0.25) is 9.69 Å². The Morgan fingerprint density at radius 3 is 2.46 bits per heavy atom. The molecule has 0 aromatic rings. The Kier molecular flexibility index (Phi) is 5.95. The molecule has 1 saturated heterocycles. The van der Waals surface area contributed by atoms with Crippen molar-refractivity contribution in [2.75, 3.05) is 13.2 Å². The summed E-state index contributed by atoms with van der Waals surface area (Å²) in [4.78, 5) is 40.1. The molecule has 2 rings (SSSR count). The molecule has 1 saturated carbocycles. The first-order chi connectivity index (χ1) is 12.1. The van der Waals surface area contributed by atoms with Gasteiger partial charge in [-0.15, -0.1) is 6.58 Å². The fraction of sp³-hybridized carbons (Fsp3) is 0.722. The highest BCUT2D eigenvalue weighted by atomic mass is 16.6. The van der Waals surface area contributed by atoms with Crippen molar-refractivity contribution in [3.8, 4) is 0 Å². The number of likely N-dealkylation sites (tertiary alicyclic amines) is 1. The van der Waals surface area contributed by atoms with Gasteiger partial charge in [0, 0.05) is 6.42 Å². The second-order valence-corrected chi connectivity index (χ2v) is 7.65. The molecule has 0 aromatic heterocycles. The number of aliphatic hydroxyl groups is 1. The van der Waals surface area contributed by atoms with E-state index < -0.39 is 35.8 Å². The fourth-order valence-electron chi connectivity index (χ4n) is 3.06. The van der Waals surface area contributed by atoms with E-state index in [1.165, 1.54) is 4.90 Å². The Hall–Kier alpha value is -2.09. The van der Waals surface area contributed by atoms with Crippen LogP contribution in [0.3, 0.4) is 0 Å². The maximum atomic E-state index is 13.1. The van der Waals surface area contributed by atoms with Crippen molar-refractivity contribution in [3.05, 3.63) is 12.7 Å². The number of hydrogen-bond donors (Lipinski definition) is 1. The van der Waals surface area contributed by atoms with Crippen LogP contribution < -0.4 is 0 Å². The standard InChI is InChI=1S/C18H28N2O6/c1-6-11-8-13(11)20(17(24)25-7-2)15(22)14-9-12(21)10-19(14)16(23)26-18(3,4)5/h6,11-14,21H,1,7-10H2,2-5H3/t11?,12?,13?,14-/m0/s1. The lowest BCUT2D eigenvalue weighted by atomic mass is 10.1. The predicted octanol–water partition coefficient (Wildman–Crippen LogP) is 1.92. The maximum absolute atomic E-state index is 13.1. The normalized spacial score (nSPS) is 27.7. The fourth-order valence-corrected chi connectivity index (χ4v) is 3.06. The lowest BCUT2D eigenvalue weighted by Crippen LogP contribution is -2.52. The Morgan fingerprint density at radius 1 is 1.31 bits per heavy atom. The van der Waals surface area contributed by atoms with Crippen LogP contribution in [-0.4, -0.2) is 69.9 Å². The van der Waals surface area contributed by atoms with Crippen molar-refractivity contribution >= 4 is 18.1 Å². The lowest BCUT2D eigenvalue weighted by molar-refractivity contribution is -0.134. The molecule has 0 radical (unpaired) electrons. The molecule has 1 aliphatic heterocycles. The zero-order chi connectivity index (χ0) is 19.6. The Labute approximate surface area is 153 Å². The minimum Gasteiger partial charge on any atom is -0.449 e. The number of aliphatic hydroxyl groups excluding tert-OH is 1. The largest absolute Gasteiger partial charge is 0.449 e. The molecule has 0 bridgehead atoms. The highest BCUT2D eigenvalue weighted by molar-refractivity contribution is 5.97. The Bertz CT molecular complexity index is 585. The molecule has 1 N–H and O–H groups in total. The summed E-state index contributed by atoms with van der Waals surface area (Å²) in [6, 6.07) is -1.28. The summed E-state index contributed by atoms with van der Waals surface area (Å²) in [6.07, 6.45) is 0.0914. The van der Waals surface area contributed by atoms with Crippen LogP contribution in [0.15, 0.2) is 12.7 Å². The van der Waals surface area contributed by atoms with Crippen molar-refractivity contribution in [2.45, 2.75) is 64.3 Å². The van der Waals surface area contributed by atoms with Crippen molar-refractivity contribution in [1.82, 2.24) is 9.80 Å². The van der Waals surface area contributed by atoms with Gasteiger partial charge in [0.05, 0.1) is 25.3 Å². The van der Waals surface area contributed by atoms with Crippen molar-refractivity contribution in [3.63, 3.8) is 0 Å². The highest BCUT2D eigenvalue weighted by Gasteiger charge is 2.51. The van der Waals surface area contributed by atoms with E-state index >= 15 is 0 Å². The molecule has 0 aromatic carbocycles. The van der Waals surface area contributed by atoms with E-state index in [4.69, 9.17) is 9.47 Å². The van der Waals surface area contributed by atoms with E-state index in [0.29, 0.717) is 6.42 Å². The molecule has 1 aliphatic carbocycles. The van der Waals surface area contributed by atoms with E-state index in [-0.39, 0.29) is 31.5 Å². The van der Waals surface area contributed by atoms with Crippen LogP contribution >= 0.6 is 0 Å². The summed E-state index contributed by atoms with van der Waals surface area (Å²) in [6.45, 7) is 10.6. The number of amides is 3. The molecular weight excluding hydrogens is 340 g/mol. The van der Waals surface area contributed by atoms with Gasteiger partial charge in [-0.2, -0.15) is 0 Å².